The smallest absolute Gasteiger partial charge is 0.310 e. The van der Waals surface area contributed by atoms with E-state index >= 15 is 0 Å². The molecule has 0 bridgehead atoms. The molecular weight excluding hydrogens is 334 g/mol. The molecule has 0 heterocycles. The lowest BCUT2D eigenvalue weighted by atomic mass is 10.2. The van der Waals surface area contributed by atoms with Crippen molar-refractivity contribution in [3.63, 3.8) is 0 Å². The first-order chi connectivity index (χ1) is 12.5. The lowest BCUT2D eigenvalue weighted by molar-refractivity contribution is -0.153. The van der Waals surface area contributed by atoms with E-state index in [9.17, 15) is 9.59 Å². The third kappa shape index (κ3) is 5.81. The van der Waals surface area contributed by atoms with Crippen LogP contribution >= 0.6 is 0 Å². The molecule has 26 heavy (non-hydrogen) atoms. The van der Waals surface area contributed by atoms with Gasteiger partial charge in [-0.1, -0.05) is 24.3 Å². The van der Waals surface area contributed by atoms with Crippen molar-refractivity contribution in [3.8, 4) is 11.5 Å². The molecule has 138 valence electrons. The van der Waals surface area contributed by atoms with E-state index in [1.807, 2.05) is 31.2 Å². The molecule has 0 aromatic heterocycles. The van der Waals surface area contributed by atoms with Gasteiger partial charge in [-0.3, -0.25) is 9.59 Å². The molecule has 0 spiro atoms. The summed E-state index contributed by atoms with van der Waals surface area (Å²) in [5, 5.41) is 2.72. The number of anilines is 1. The highest BCUT2D eigenvalue weighted by Crippen LogP contribution is 2.25. The summed E-state index contributed by atoms with van der Waals surface area (Å²) in [6, 6.07) is 14.6. The SMILES string of the molecule is COc1ccc(C)cc1NC(=O)[C@@H](C)OC(=O)CCOc1ccccc1. The monoisotopic (exact) mass is 357 g/mol. The van der Waals surface area contributed by atoms with Gasteiger partial charge in [0.2, 0.25) is 0 Å². The number of rotatable bonds is 8. The van der Waals surface area contributed by atoms with E-state index in [1.165, 1.54) is 14.0 Å². The van der Waals surface area contributed by atoms with Crippen LogP contribution in [-0.4, -0.2) is 31.7 Å². The first-order valence-corrected chi connectivity index (χ1v) is 8.32. The fourth-order valence-electron chi connectivity index (χ4n) is 2.23. The minimum absolute atomic E-state index is 0.0558. The second kappa shape index (κ2) is 9.46. The third-order valence-corrected chi connectivity index (χ3v) is 3.61. The van der Waals surface area contributed by atoms with Crippen molar-refractivity contribution >= 4 is 17.6 Å². The number of amides is 1. The zero-order valence-corrected chi connectivity index (χ0v) is 15.2. The van der Waals surface area contributed by atoms with Gasteiger partial charge < -0.3 is 19.5 Å². The number of ether oxygens (including phenoxy) is 3. The van der Waals surface area contributed by atoms with Crippen molar-refractivity contribution in [1.82, 2.24) is 0 Å². The lowest BCUT2D eigenvalue weighted by Crippen LogP contribution is -2.30. The Balaban J connectivity index is 1.81. The maximum atomic E-state index is 12.2. The molecule has 1 atom stereocenters. The number of esters is 1. The van der Waals surface area contributed by atoms with Crippen LogP contribution < -0.4 is 14.8 Å². The molecule has 1 amide bonds. The minimum Gasteiger partial charge on any atom is -0.495 e. The van der Waals surface area contributed by atoms with E-state index < -0.39 is 18.0 Å². The van der Waals surface area contributed by atoms with Gasteiger partial charge >= 0.3 is 5.97 Å². The fraction of sp³-hybridized carbons (Fsp3) is 0.300. The fourth-order valence-corrected chi connectivity index (χ4v) is 2.23. The maximum absolute atomic E-state index is 12.2. The van der Waals surface area contributed by atoms with Crippen LogP contribution in [-0.2, 0) is 14.3 Å². The molecular formula is C20H23NO5. The average molecular weight is 357 g/mol. The summed E-state index contributed by atoms with van der Waals surface area (Å²) in [4.78, 5) is 24.1. The first kappa shape index (κ1) is 19.3. The van der Waals surface area contributed by atoms with Crippen LogP contribution in [0, 0.1) is 6.92 Å². The van der Waals surface area contributed by atoms with Gasteiger partial charge in [0.1, 0.15) is 11.5 Å². The summed E-state index contributed by atoms with van der Waals surface area (Å²) in [6.07, 6.45) is -0.871. The third-order valence-electron chi connectivity index (χ3n) is 3.61. The normalized spacial score (nSPS) is 11.3. The zero-order valence-electron chi connectivity index (χ0n) is 15.2. The Hall–Kier alpha value is -3.02. The number of nitrogens with one attached hydrogen (secondary N) is 1. The maximum Gasteiger partial charge on any atom is 0.310 e. The predicted molar refractivity (Wildman–Crippen MR) is 98.5 cm³/mol. The van der Waals surface area contributed by atoms with Crippen LogP contribution in [0.3, 0.4) is 0 Å². The van der Waals surface area contributed by atoms with E-state index in [-0.39, 0.29) is 13.0 Å². The predicted octanol–water partition coefficient (Wildman–Crippen LogP) is 3.34. The van der Waals surface area contributed by atoms with Gasteiger partial charge in [-0.15, -0.1) is 0 Å². The summed E-state index contributed by atoms with van der Waals surface area (Å²) in [5.41, 5.74) is 1.51. The molecule has 2 aromatic rings. The number of hydrogen-bond acceptors (Lipinski definition) is 5. The molecule has 6 nitrogen and oxygen atoms in total. The second-order valence-corrected chi connectivity index (χ2v) is 5.74. The van der Waals surface area contributed by atoms with E-state index in [4.69, 9.17) is 14.2 Å². The van der Waals surface area contributed by atoms with Crippen LogP contribution in [0.25, 0.3) is 0 Å². The highest BCUT2D eigenvalue weighted by molar-refractivity contribution is 5.96. The average Bonchev–Trinajstić information content (AvgIpc) is 2.62. The van der Waals surface area contributed by atoms with Gasteiger partial charge in [-0.25, -0.2) is 0 Å². The molecule has 2 rings (SSSR count). The number of para-hydroxylation sites is 1. The van der Waals surface area contributed by atoms with Gasteiger partial charge in [0.05, 0.1) is 25.8 Å². The molecule has 6 heteroatoms. The quantitative estimate of drug-likeness (QED) is 0.734. The van der Waals surface area contributed by atoms with Crippen LogP contribution in [0.5, 0.6) is 11.5 Å². The molecule has 0 aliphatic rings. The molecule has 1 N–H and O–H groups in total. The van der Waals surface area contributed by atoms with Gasteiger partial charge in [0, 0.05) is 0 Å². The summed E-state index contributed by atoms with van der Waals surface area (Å²) in [5.74, 6) is 0.294. The summed E-state index contributed by atoms with van der Waals surface area (Å²) in [6.45, 7) is 3.61. The number of carbonyl (C=O) groups is 2. The van der Waals surface area contributed by atoms with Crippen LogP contribution in [0.2, 0.25) is 0 Å². The van der Waals surface area contributed by atoms with Crippen molar-refractivity contribution in [2.24, 2.45) is 0 Å². The van der Waals surface area contributed by atoms with E-state index in [1.54, 1.807) is 24.3 Å². The highest BCUT2D eigenvalue weighted by Gasteiger charge is 2.19. The number of methoxy groups -OCH3 is 1. The minimum atomic E-state index is -0.926. The summed E-state index contributed by atoms with van der Waals surface area (Å²) >= 11 is 0. The highest BCUT2D eigenvalue weighted by atomic mass is 16.5. The van der Waals surface area contributed by atoms with Crippen molar-refractivity contribution < 1.29 is 23.8 Å². The first-order valence-electron chi connectivity index (χ1n) is 8.32. The molecule has 0 saturated heterocycles. The Morgan fingerprint density at radius 1 is 1.12 bits per heavy atom. The van der Waals surface area contributed by atoms with Crippen molar-refractivity contribution in [2.75, 3.05) is 19.0 Å². The van der Waals surface area contributed by atoms with Crippen LogP contribution in [0.1, 0.15) is 18.9 Å². The van der Waals surface area contributed by atoms with E-state index in [2.05, 4.69) is 5.32 Å². The Morgan fingerprint density at radius 3 is 2.54 bits per heavy atom. The largest absolute Gasteiger partial charge is 0.495 e. The number of hydrogen-bond donors (Lipinski definition) is 1. The van der Waals surface area contributed by atoms with Gasteiger partial charge in [0.25, 0.3) is 5.91 Å². The Kier molecular flexibility index (Phi) is 7.02. The second-order valence-electron chi connectivity index (χ2n) is 5.74. The van der Waals surface area contributed by atoms with Crippen molar-refractivity contribution in [2.45, 2.75) is 26.4 Å². The Morgan fingerprint density at radius 2 is 1.85 bits per heavy atom. The number of carbonyl (C=O) groups excluding carboxylic acids is 2. The topological polar surface area (TPSA) is 73.9 Å². The van der Waals surface area contributed by atoms with Crippen molar-refractivity contribution in [3.05, 3.63) is 54.1 Å². The molecule has 2 aromatic carbocycles. The molecule has 0 aliphatic heterocycles. The number of benzene rings is 2. The molecule has 0 unspecified atom stereocenters. The van der Waals surface area contributed by atoms with Crippen LogP contribution in [0.4, 0.5) is 5.69 Å². The Bertz CT molecular complexity index is 745. The zero-order chi connectivity index (χ0) is 18.9. The van der Waals surface area contributed by atoms with Gasteiger partial charge in [-0.2, -0.15) is 0 Å². The van der Waals surface area contributed by atoms with Crippen LogP contribution in [0.15, 0.2) is 48.5 Å². The molecule has 0 fully saturated rings. The lowest BCUT2D eigenvalue weighted by Gasteiger charge is -2.15. The molecule has 0 radical (unpaired) electrons. The van der Waals surface area contributed by atoms with Crippen molar-refractivity contribution in [1.29, 1.82) is 0 Å². The summed E-state index contributed by atoms with van der Waals surface area (Å²) < 4.78 is 15.8. The van der Waals surface area contributed by atoms with Gasteiger partial charge in [0.15, 0.2) is 6.10 Å². The van der Waals surface area contributed by atoms with E-state index in [0.29, 0.717) is 17.2 Å². The standard InChI is InChI=1S/C20H23NO5/c1-14-9-10-18(24-3)17(13-14)21-20(23)15(2)26-19(22)11-12-25-16-7-5-4-6-8-16/h4-10,13,15H,11-12H2,1-3H3,(H,21,23)/t15-/m1/s1. The van der Waals surface area contributed by atoms with E-state index in [0.717, 1.165) is 5.56 Å². The number of aryl methyl sites for hydroxylation is 1. The van der Waals surface area contributed by atoms with Gasteiger partial charge in [-0.05, 0) is 43.7 Å². The Labute approximate surface area is 153 Å². The summed E-state index contributed by atoms with van der Waals surface area (Å²) in [7, 11) is 1.52. The molecule has 0 aliphatic carbocycles. The molecule has 0 saturated carbocycles.